The predicted molar refractivity (Wildman–Crippen MR) is 130 cm³/mol. The van der Waals surface area contributed by atoms with Gasteiger partial charge in [-0.25, -0.2) is 4.98 Å². The molecule has 3 nitrogen and oxygen atoms in total. The molecule has 0 saturated carbocycles. The van der Waals surface area contributed by atoms with E-state index in [-0.39, 0.29) is 5.56 Å². The normalized spacial score (nSPS) is 11.1. The Morgan fingerprint density at radius 1 is 0.774 bits per heavy atom. The van der Waals surface area contributed by atoms with E-state index in [4.69, 9.17) is 11.6 Å². The van der Waals surface area contributed by atoms with Crippen LogP contribution in [0.25, 0.3) is 22.2 Å². The zero-order chi connectivity index (χ0) is 21.5. The number of benzene rings is 2. The van der Waals surface area contributed by atoms with Gasteiger partial charge in [0.1, 0.15) is 5.65 Å². The fourth-order valence-electron chi connectivity index (χ4n) is 4.06. The minimum absolute atomic E-state index is 0.0247. The van der Waals surface area contributed by atoms with Crippen molar-refractivity contribution in [1.82, 2.24) is 9.55 Å². The minimum atomic E-state index is -0.0247. The van der Waals surface area contributed by atoms with Crippen LogP contribution in [-0.2, 0) is 13.0 Å². The van der Waals surface area contributed by atoms with E-state index in [1.54, 1.807) is 6.20 Å². The number of aryl methyl sites for hydroxylation is 2. The third-order valence-electron chi connectivity index (χ3n) is 5.70. The summed E-state index contributed by atoms with van der Waals surface area (Å²) in [6.45, 7) is 0.670. The lowest BCUT2D eigenvalue weighted by Crippen LogP contribution is -2.23. The molecular weight excluding hydrogens is 404 g/mol. The molecule has 4 rings (SSSR count). The molecule has 2 aromatic heterocycles. The zero-order valence-electron chi connectivity index (χ0n) is 17.6. The van der Waals surface area contributed by atoms with Crippen LogP contribution in [0.4, 0.5) is 0 Å². The van der Waals surface area contributed by atoms with E-state index < -0.39 is 0 Å². The molecule has 158 valence electrons. The maximum absolute atomic E-state index is 13.3. The minimum Gasteiger partial charge on any atom is -0.292 e. The third kappa shape index (κ3) is 5.23. The van der Waals surface area contributed by atoms with Gasteiger partial charge in [0, 0.05) is 34.3 Å². The Labute approximate surface area is 188 Å². The highest BCUT2D eigenvalue weighted by Crippen LogP contribution is 2.27. The van der Waals surface area contributed by atoms with Gasteiger partial charge in [-0.15, -0.1) is 0 Å². The van der Waals surface area contributed by atoms with Crippen LogP contribution in [0.2, 0.25) is 5.02 Å². The second kappa shape index (κ2) is 10.4. The van der Waals surface area contributed by atoms with Crippen LogP contribution in [-0.4, -0.2) is 9.55 Å². The van der Waals surface area contributed by atoms with E-state index in [2.05, 4.69) is 35.3 Å². The Bertz CT molecular complexity index is 1200. The van der Waals surface area contributed by atoms with Crippen LogP contribution in [0.5, 0.6) is 0 Å². The standard InChI is InChI=1S/C27H27ClN2O/c28-25-17-9-8-16-23(25)24-20-22-15-11-18-29-26(22)30(27(24)31)19-10-3-1-2-5-12-21-13-6-4-7-14-21/h4,6-9,11,13-18,20H,1-3,5,10,12,19H2. The summed E-state index contributed by atoms with van der Waals surface area (Å²) in [7, 11) is 0. The number of fused-ring (bicyclic) bond motifs is 1. The maximum atomic E-state index is 13.3. The summed E-state index contributed by atoms with van der Waals surface area (Å²) in [5.74, 6) is 0. The molecule has 0 aliphatic heterocycles. The lowest BCUT2D eigenvalue weighted by Gasteiger charge is -2.13. The third-order valence-corrected chi connectivity index (χ3v) is 6.03. The molecular formula is C27H27ClN2O. The topological polar surface area (TPSA) is 34.9 Å². The molecule has 2 heterocycles. The number of aromatic nitrogens is 2. The van der Waals surface area contributed by atoms with Crippen molar-refractivity contribution in [3.63, 3.8) is 0 Å². The second-order valence-corrected chi connectivity index (χ2v) is 8.32. The molecule has 0 atom stereocenters. The molecule has 0 N–H and O–H groups in total. The summed E-state index contributed by atoms with van der Waals surface area (Å²) >= 11 is 6.39. The lowest BCUT2D eigenvalue weighted by molar-refractivity contribution is 0.559. The molecule has 0 radical (unpaired) electrons. The molecule has 0 fully saturated rings. The highest BCUT2D eigenvalue weighted by atomic mass is 35.5. The summed E-state index contributed by atoms with van der Waals surface area (Å²) in [4.78, 5) is 17.8. The highest BCUT2D eigenvalue weighted by Gasteiger charge is 2.13. The van der Waals surface area contributed by atoms with Gasteiger partial charge < -0.3 is 0 Å². The van der Waals surface area contributed by atoms with Gasteiger partial charge in [-0.3, -0.25) is 9.36 Å². The van der Waals surface area contributed by atoms with Crippen LogP contribution >= 0.6 is 11.6 Å². The molecule has 0 saturated heterocycles. The fourth-order valence-corrected chi connectivity index (χ4v) is 4.30. The molecule has 4 aromatic rings. The largest absolute Gasteiger partial charge is 0.292 e. The first-order chi connectivity index (χ1) is 15.2. The molecule has 0 unspecified atom stereocenters. The van der Waals surface area contributed by atoms with Crippen molar-refractivity contribution in [2.24, 2.45) is 0 Å². The first kappa shape index (κ1) is 21.3. The van der Waals surface area contributed by atoms with Gasteiger partial charge in [-0.2, -0.15) is 0 Å². The van der Waals surface area contributed by atoms with Crippen LogP contribution in [0, 0.1) is 0 Å². The van der Waals surface area contributed by atoms with Crippen molar-refractivity contribution in [1.29, 1.82) is 0 Å². The van der Waals surface area contributed by atoms with Crippen molar-refractivity contribution in [3.05, 3.63) is 99.9 Å². The molecule has 0 bridgehead atoms. The molecule has 2 aromatic carbocycles. The summed E-state index contributed by atoms with van der Waals surface area (Å²) < 4.78 is 1.82. The molecule has 31 heavy (non-hydrogen) atoms. The number of rotatable bonds is 9. The summed E-state index contributed by atoms with van der Waals surface area (Å²) in [5.41, 5.74) is 3.53. The molecule has 0 amide bonds. The van der Waals surface area contributed by atoms with Crippen LogP contribution in [0.1, 0.15) is 37.7 Å². The Balaban J connectivity index is 1.43. The summed E-state index contributed by atoms with van der Waals surface area (Å²) in [6, 6.07) is 24.0. The van der Waals surface area contributed by atoms with Gasteiger partial charge >= 0.3 is 0 Å². The van der Waals surface area contributed by atoms with Gasteiger partial charge in [0.2, 0.25) is 0 Å². The number of hydrogen-bond donors (Lipinski definition) is 0. The lowest BCUT2D eigenvalue weighted by atomic mass is 10.0. The van der Waals surface area contributed by atoms with Gasteiger partial charge in [-0.05, 0) is 49.1 Å². The maximum Gasteiger partial charge on any atom is 0.260 e. The molecule has 4 heteroatoms. The molecule has 0 aliphatic rings. The van der Waals surface area contributed by atoms with Crippen molar-refractivity contribution >= 4 is 22.6 Å². The van der Waals surface area contributed by atoms with Gasteiger partial charge in [0.15, 0.2) is 0 Å². The Kier molecular flexibility index (Phi) is 7.16. The number of pyridine rings is 2. The summed E-state index contributed by atoms with van der Waals surface area (Å²) in [5, 5.41) is 1.55. The van der Waals surface area contributed by atoms with Crippen LogP contribution in [0.3, 0.4) is 0 Å². The SMILES string of the molecule is O=c1c(-c2ccccc2Cl)cc2cccnc2n1CCCCCCCc1ccccc1. The first-order valence-electron chi connectivity index (χ1n) is 11.0. The van der Waals surface area contributed by atoms with Crippen molar-refractivity contribution in [2.45, 2.75) is 45.1 Å². The van der Waals surface area contributed by atoms with Gasteiger partial charge in [0.25, 0.3) is 5.56 Å². The van der Waals surface area contributed by atoms with E-state index in [0.717, 1.165) is 35.9 Å². The Hall–Kier alpha value is -2.91. The first-order valence-corrected chi connectivity index (χ1v) is 11.4. The Morgan fingerprint density at radius 3 is 2.35 bits per heavy atom. The van der Waals surface area contributed by atoms with E-state index in [9.17, 15) is 4.79 Å². The van der Waals surface area contributed by atoms with Gasteiger partial charge in [0.05, 0.1) is 0 Å². The molecule has 0 spiro atoms. The van der Waals surface area contributed by atoms with Crippen molar-refractivity contribution in [3.8, 4) is 11.1 Å². The monoisotopic (exact) mass is 430 g/mol. The predicted octanol–water partition coefficient (Wildman–Crippen LogP) is 6.91. The number of halogens is 1. The van der Waals surface area contributed by atoms with Crippen molar-refractivity contribution < 1.29 is 0 Å². The number of hydrogen-bond acceptors (Lipinski definition) is 2. The summed E-state index contributed by atoms with van der Waals surface area (Å²) in [6.07, 6.45) is 8.54. The molecule has 0 aliphatic carbocycles. The van der Waals surface area contributed by atoms with Crippen LogP contribution < -0.4 is 5.56 Å². The number of nitrogens with zero attached hydrogens (tertiary/aromatic N) is 2. The van der Waals surface area contributed by atoms with E-state index in [1.807, 2.05) is 47.0 Å². The van der Waals surface area contributed by atoms with Gasteiger partial charge in [-0.1, -0.05) is 79.4 Å². The van der Waals surface area contributed by atoms with Crippen LogP contribution in [0.15, 0.2) is 83.8 Å². The quantitative estimate of drug-likeness (QED) is 0.270. The second-order valence-electron chi connectivity index (χ2n) is 7.91. The average molecular weight is 431 g/mol. The van der Waals surface area contributed by atoms with E-state index in [1.165, 1.54) is 24.8 Å². The average Bonchev–Trinajstić information content (AvgIpc) is 2.80. The fraction of sp³-hybridized carbons (Fsp3) is 0.259. The zero-order valence-corrected chi connectivity index (χ0v) is 18.4. The van der Waals surface area contributed by atoms with E-state index in [0.29, 0.717) is 17.1 Å². The smallest absolute Gasteiger partial charge is 0.260 e. The Morgan fingerprint density at radius 2 is 1.52 bits per heavy atom. The van der Waals surface area contributed by atoms with E-state index >= 15 is 0 Å². The van der Waals surface area contributed by atoms with Crippen molar-refractivity contribution in [2.75, 3.05) is 0 Å². The highest BCUT2D eigenvalue weighted by molar-refractivity contribution is 6.33. The number of unbranched alkanes of at least 4 members (excludes halogenated alkanes) is 4.